The zero-order chi connectivity index (χ0) is 15.8. The lowest BCUT2D eigenvalue weighted by molar-refractivity contribution is 0.107. The number of methoxy groups -OCH3 is 1. The van der Waals surface area contributed by atoms with Crippen molar-refractivity contribution in [3.05, 3.63) is 42.1 Å². The van der Waals surface area contributed by atoms with Crippen LogP contribution in [0.4, 0.5) is 0 Å². The molecule has 23 heavy (non-hydrogen) atoms. The van der Waals surface area contributed by atoms with E-state index < -0.39 is 0 Å². The van der Waals surface area contributed by atoms with Crippen molar-refractivity contribution >= 4 is 5.78 Å². The van der Waals surface area contributed by atoms with Gasteiger partial charge in [0.15, 0.2) is 5.82 Å². The molecule has 3 aromatic rings. The number of imidazole rings is 1. The highest BCUT2D eigenvalue weighted by Crippen LogP contribution is 2.33. The number of fused-ring (bicyclic) bond motifs is 1. The van der Waals surface area contributed by atoms with Crippen LogP contribution in [0.3, 0.4) is 0 Å². The molecule has 1 saturated heterocycles. The maximum absolute atomic E-state index is 5.53. The van der Waals surface area contributed by atoms with E-state index in [1.165, 1.54) is 0 Å². The number of aryl methyl sites for hydroxylation is 1. The van der Waals surface area contributed by atoms with Gasteiger partial charge >= 0.3 is 0 Å². The molecule has 2 atom stereocenters. The largest absolute Gasteiger partial charge is 0.380 e. The maximum atomic E-state index is 5.53. The highest BCUT2D eigenvalue weighted by molar-refractivity contribution is 5.29. The predicted octanol–water partition coefficient (Wildman–Crippen LogP) is 1.38. The summed E-state index contributed by atoms with van der Waals surface area (Å²) in [5.41, 5.74) is 0.960. The zero-order valence-electron chi connectivity index (χ0n) is 13.1. The van der Waals surface area contributed by atoms with E-state index in [0.29, 0.717) is 24.0 Å². The van der Waals surface area contributed by atoms with Gasteiger partial charge in [-0.3, -0.25) is 9.30 Å². The van der Waals surface area contributed by atoms with Crippen LogP contribution in [-0.2, 0) is 11.3 Å². The molecule has 8 nitrogen and oxygen atoms in total. The number of nitrogens with zero attached hydrogens (tertiary/aromatic N) is 6. The molecule has 8 heteroatoms. The minimum absolute atomic E-state index is 0.0546. The second kappa shape index (κ2) is 5.71. The Bertz CT molecular complexity index is 780. The Kier molecular flexibility index (Phi) is 3.55. The summed E-state index contributed by atoms with van der Waals surface area (Å²) in [6.07, 6.45) is 6.68. The molecule has 0 amide bonds. The van der Waals surface area contributed by atoms with Crippen LogP contribution in [0.1, 0.15) is 29.9 Å². The molecule has 1 fully saturated rings. The van der Waals surface area contributed by atoms with Crippen LogP contribution < -0.4 is 0 Å². The van der Waals surface area contributed by atoms with Crippen molar-refractivity contribution in [2.45, 2.75) is 32.0 Å². The molecule has 0 spiro atoms. The highest BCUT2D eigenvalue weighted by Gasteiger charge is 2.37. The fourth-order valence-corrected chi connectivity index (χ4v) is 3.08. The van der Waals surface area contributed by atoms with Crippen LogP contribution in [0.15, 0.2) is 29.2 Å². The Hall–Kier alpha value is -2.32. The van der Waals surface area contributed by atoms with E-state index in [2.05, 4.69) is 25.0 Å². The minimum atomic E-state index is 0.0546. The van der Waals surface area contributed by atoms with Crippen LogP contribution in [0.25, 0.3) is 5.78 Å². The van der Waals surface area contributed by atoms with Gasteiger partial charge < -0.3 is 9.26 Å². The van der Waals surface area contributed by atoms with Crippen molar-refractivity contribution < 1.29 is 9.26 Å². The van der Waals surface area contributed by atoms with E-state index in [1.807, 2.05) is 29.8 Å². The normalized spacial score (nSPS) is 22.2. The summed E-state index contributed by atoms with van der Waals surface area (Å²) < 4.78 is 12.8. The quantitative estimate of drug-likeness (QED) is 0.719. The van der Waals surface area contributed by atoms with E-state index in [9.17, 15) is 0 Å². The number of likely N-dealkylation sites (tertiary alicyclic amines) is 1. The molecule has 3 aromatic heterocycles. The van der Waals surface area contributed by atoms with Crippen LogP contribution in [0, 0.1) is 6.92 Å². The standard InChI is InChI=1S/C15H18N6O2/c1-10-17-14(23-19-10)13-6-12(22-2)9-21(13)8-11-7-20-5-3-4-16-15(20)18-11/h3-5,7,12-13H,6,8-9H2,1-2H3/t12-,13-/m1/s1. The molecular weight excluding hydrogens is 296 g/mol. The lowest BCUT2D eigenvalue weighted by Gasteiger charge is -2.19. The predicted molar refractivity (Wildman–Crippen MR) is 80.6 cm³/mol. The third-order valence-corrected chi connectivity index (χ3v) is 4.18. The topological polar surface area (TPSA) is 81.6 Å². The second-order valence-corrected chi connectivity index (χ2v) is 5.78. The molecule has 0 bridgehead atoms. The van der Waals surface area contributed by atoms with Crippen LogP contribution in [-0.4, -0.2) is 49.2 Å². The summed E-state index contributed by atoms with van der Waals surface area (Å²) in [5.74, 6) is 2.00. The summed E-state index contributed by atoms with van der Waals surface area (Å²) in [5, 5.41) is 3.90. The highest BCUT2D eigenvalue weighted by atomic mass is 16.5. The first-order chi connectivity index (χ1) is 11.2. The molecule has 4 rings (SSSR count). The molecule has 0 saturated carbocycles. The van der Waals surface area contributed by atoms with Gasteiger partial charge in [0.05, 0.1) is 17.8 Å². The van der Waals surface area contributed by atoms with Crippen molar-refractivity contribution in [2.24, 2.45) is 0 Å². The van der Waals surface area contributed by atoms with Crippen molar-refractivity contribution in [1.29, 1.82) is 0 Å². The van der Waals surface area contributed by atoms with Gasteiger partial charge in [0.1, 0.15) is 0 Å². The molecule has 0 N–H and O–H groups in total. The fraction of sp³-hybridized carbons (Fsp3) is 0.467. The lowest BCUT2D eigenvalue weighted by atomic mass is 10.2. The van der Waals surface area contributed by atoms with Gasteiger partial charge in [-0.25, -0.2) is 9.97 Å². The van der Waals surface area contributed by atoms with Gasteiger partial charge in [0.2, 0.25) is 11.7 Å². The van der Waals surface area contributed by atoms with E-state index in [4.69, 9.17) is 9.26 Å². The van der Waals surface area contributed by atoms with Gasteiger partial charge in [-0.15, -0.1) is 0 Å². The molecule has 1 aliphatic rings. The van der Waals surface area contributed by atoms with Gasteiger partial charge in [-0.1, -0.05) is 5.16 Å². The van der Waals surface area contributed by atoms with Crippen LogP contribution in [0.5, 0.6) is 0 Å². The lowest BCUT2D eigenvalue weighted by Crippen LogP contribution is -2.25. The SMILES string of the molecule is CO[C@@H]1C[C@H](c2nc(C)no2)N(Cc2cn3cccnc3n2)C1. The van der Waals surface area contributed by atoms with Crippen molar-refractivity contribution in [3.63, 3.8) is 0 Å². The third kappa shape index (κ3) is 2.71. The minimum Gasteiger partial charge on any atom is -0.380 e. The Morgan fingerprint density at radius 2 is 2.30 bits per heavy atom. The molecule has 1 aliphatic heterocycles. The zero-order valence-corrected chi connectivity index (χ0v) is 13.1. The monoisotopic (exact) mass is 314 g/mol. The molecule has 0 radical (unpaired) electrons. The van der Waals surface area contributed by atoms with Crippen molar-refractivity contribution in [3.8, 4) is 0 Å². The summed E-state index contributed by atoms with van der Waals surface area (Å²) in [6, 6.07) is 1.94. The number of aromatic nitrogens is 5. The Labute approximate surface area is 133 Å². The second-order valence-electron chi connectivity index (χ2n) is 5.78. The van der Waals surface area contributed by atoms with Gasteiger partial charge in [-0.05, 0) is 19.4 Å². The van der Waals surface area contributed by atoms with Gasteiger partial charge in [0, 0.05) is 38.8 Å². The number of hydrogen-bond acceptors (Lipinski definition) is 7. The Morgan fingerprint density at radius 1 is 1.39 bits per heavy atom. The van der Waals surface area contributed by atoms with E-state index in [-0.39, 0.29) is 12.1 Å². The third-order valence-electron chi connectivity index (χ3n) is 4.18. The fourth-order valence-electron chi connectivity index (χ4n) is 3.08. The first kappa shape index (κ1) is 14.3. The first-order valence-corrected chi connectivity index (χ1v) is 7.58. The average molecular weight is 314 g/mol. The molecule has 4 heterocycles. The molecule has 0 aromatic carbocycles. The average Bonchev–Trinajstić information content (AvgIpc) is 3.24. The summed E-state index contributed by atoms with van der Waals surface area (Å²) in [4.78, 5) is 15.5. The van der Waals surface area contributed by atoms with E-state index >= 15 is 0 Å². The molecule has 0 aliphatic carbocycles. The van der Waals surface area contributed by atoms with E-state index in [0.717, 1.165) is 18.7 Å². The molecular formula is C15H18N6O2. The van der Waals surface area contributed by atoms with E-state index in [1.54, 1.807) is 13.3 Å². The number of ether oxygens (including phenoxy) is 1. The Balaban J connectivity index is 1.59. The number of rotatable bonds is 4. The Morgan fingerprint density at radius 3 is 3.04 bits per heavy atom. The van der Waals surface area contributed by atoms with Gasteiger partial charge in [-0.2, -0.15) is 4.98 Å². The maximum Gasteiger partial charge on any atom is 0.244 e. The van der Waals surface area contributed by atoms with Crippen molar-refractivity contribution in [2.75, 3.05) is 13.7 Å². The van der Waals surface area contributed by atoms with Gasteiger partial charge in [0.25, 0.3) is 0 Å². The summed E-state index contributed by atoms with van der Waals surface area (Å²) >= 11 is 0. The summed E-state index contributed by atoms with van der Waals surface area (Å²) in [7, 11) is 1.74. The van der Waals surface area contributed by atoms with Crippen LogP contribution >= 0.6 is 0 Å². The first-order valence-electron chi connectivity index (χ1n) is 7.58. The van der Waals surface area contributed by atoms with Crippen molar-refractivity contribution in [1.82, 2.24) is 29.4 Å². The summed E-state index contributed by atoms with van der Waals surface area (Å²) in [6.45, 7) is 3.33. The molecule has 120 valence electrons. The number of hydrogen-bond donors (Lipinski definition) is 0. The van der Waals surface area contributed by atoms with Crippen LogP contribution in [0.2, 0.25) is 0 Å². The molecule has 0 unspecified atom stereocenters. The smallest absolute Gasteiger partial charge is 0.244 e.